The van der Waals surface area contributed by atoms with Crippen molar-refractivity contribution >= 4 is 15.9 Å². The molecule has 0 aromatic rings. The molecule has 0 fully saturated rings. The van der Waals surface area contributed by atoms with E-state index in [4.69, 9.17) is 5.11 Å². The summed E-state index contributed by atoms with van der Waals surface area (Å²) in [5.41, 5.74) is -0.828. The summed E-state index contributed by atoms with van der Waals surface area (Å²) in [6.07, 6.45) is 0. The van der Waals surface area contributed by atoms with Crippen LogP contribution in [0, 0.1) is 10.8 Å². The molecule has 11 heavy (non-hydrogen) atoms. The molecule has 0 radical (unpaired) electrons. The molecule has 0 aliphatic rings. The van der Waals surface area contributed by atoms with Gasteiger partial charge in [0.25, 0.3) is 0 Å². The Balaban J connectivity index is 0. The number of rotatable bonds is 1. The first kappa shape index (κ1) is 13.5. The molecule has 0 aliphatic carbocycles. The van der Waals surface area contributed by atoms with Gasteiger partial charge in [-0.05, 0) is 19.3 Å². The maximum atomic E-state index is 10.7. The molecule has 0 bridgehead atoms. The van der Waals surface area contributed by atoms with E-state index in [1.165, 1.54) is 0 Å². The van der Waals surface area contributed by atoms with Gasteiger partial charge in [-0.2, -0.15) is 9.90 Å². The molecule has 0 saturated heterocycles. The lowest BCUT2D eigenvalue weighted by Gasteiger charge is -2.34. The maximum absolute atomic E-state index is 10.7. The molecule has 0 aromatic carbocycles. The summed E-state index contributed by atoms with van der Waals surface area (Å²) in [5.74, 6) is -0.736. The van der Waals surface area contributed by atoms with E-state index in [2.05, 4.69) is 0 Å². The minimum atomic E-state index is -0.736. The molecule has 1 N–H and O–H groups in total. The molecular formula is C8H19O2P. The van der Waals surface area contributed by atoms with E-state index >= 15 is 0 Å². The van der Waals surface area contributed by atoms with E-state index in [0.29, 0.717) is 0 Å². The van der Waals surface area contributed by atoms with Crippen LogP contribution in [0.25, 0.3) is 0 Å². The van der Waals surface area contributed by atoms with Crippen molar-refractivity contribution in [3.05, 3.63) is 0 Å². The first-order chi connectivity index (χ1) is 4.19. The van der Waals surface area contributed by atoms with Crippen molar-refractivity contribution in [1.82, 2.24) is 0 Å². The van der Waals surface area contributed by atoms with Gasteiger partial charge in [-0.1, -0.05) is 20.8 Å². The van der Waals surface area contributed by atoms with Crippen molar-refractivity contribution < 1.29 is 9.90 Å². The zero-order chi connectivity index (χ0) is 8.58. The van der Waals surface area contributed by atoms with Crippen LogP contribution in [-0.4, -0.2) is 11.1 Å². The number of carbonyl (C=O) groups is 1. The van der Waals surface area contributed by atoms with Crippen molar-refractivity contribution in [3.63, 3.8) is 0 Å². The predicted molar refractivity (Wildman–Crippen MR) is 52.0 cm³/mol. The van der Waals surface area contributed by atoms with Crippen LogP contribution in [0.15, 0.2) is 0 Å². The van der Waals surface area contributed by atoms with Crippen molar-refractivity contribution in [3.8, 4) is 0 Å². The lowest BCUT2D eigenvalue weighted by atomic mass is 9.69. The van der Waals surface area contributed by atoms with E-state index in [-0.39, 0.29) is 15.3 Å². The molecule has 0 aliphatic heterocycles. The van der Waals surface area contributed by atoms with E-state index in [9.17, 15) is 4.79 Å². The SMILES string of the molecule is CC(C)(C)C(C)(C)C(=O)O.P. The molecule has 2 nitrogen and oxygen atoms in total. The molecular weight excluding hydrogens is 159 g/mol. The predicted octanol–water partition coefficient (Wildman–Crippen LogP) is 2.20. The third kappa shape index (κ3) is 2.78. The van der Waals surface area contributed by atoms with Gasteiger partial charge in [0.15, 0.2) is 0 Å². The molecule has 0 aromatic heterocycles. The van der Waals surface area contributed by atoms with Crippen LogP contribution < -0.4 is 0 Å². The summed E-state index contributed by atoms with van der Waals surface area (Å²) in [6, 6.07) is 0. The third-order valence-corrected chi connectivity index (χ3v) is 2.41. The number of carboxylic acids is 1. The van der Waals surface area contributed by atoms with Gasteiger partial charge in [-0.15, -0.1) is 0 Å². The third-order valence-electron chi connectivity index (χ3n) is 2.41. The molecule has 1 unspecified atom stereocenters. The lowest BCUT2D eigenvalue weighted by Crippen LogP contribution is -2.37. The molecule has 0 rings (SSSR count). The molecule has 0 heterocycles. The quantitative estimate of drug-likeness (QED) is 0.625. The van der Waals surface area contributed by atoms with Crippen molar-refractivity contribution in [2.45, 2.75) is 34.6 Å². The zero-order valence-electron chi connectivity index (χ0n) is 8.06. The minimum absolute atomic E-state index is 0. The van der Waals surface area contributed by atoms with Crippen molar-refractivity contribution in [1.29, 1.82) is 0 Å². The van der Waals surface area contributed by atoms with Gasteiger partial charge in [0.1, 0.15) is 0 Å². The van der Waals surface area contributed by atoms with Gasteiger partial charge in [0, 0.05) is 0 Å². The monoisotopic (exact) mass is 178 g/mol. The highest BCUT2D eigenvalue weighted by atomic mass is 31.0. The Morgan fingerprint density at radius 2 is 1.36 bits per heavy atom. The summed E-state index contributed by atoms with van der Waals surface area (Å²) < 4.78 is 0. The van der Waals surface area contributed by atoms with Gasteiger partial charge in [-0.25, -0.2) is 0 Å². The second-order valence-electron chi connectivity index (χ2n) is 4.18. The largest absolute Gasteiger partial charge is 0.481 e. The fraction of sp³-hybridized carbons (Fsp3) is 0.875. The average Bonchev–Trinajstić information content (AvgIpc) is 1.62. The molecule has 0 amide bonds. The van der Waals surface area contributed by atoms with Crippen LogP contribution in [-0.2, 0) is 4.79 Å². The highest BCUT2D eigenvalue weighted by Gasteiger charge is 2.39. The zero-order valence-corrected chi connectivity index (χ0v) is 9.48. The first-order valence-electron chi connectivity index (χ1n) is 3.43. The van der Waals surface area contributed by atoms with Crippen LogP contribution in [0.4, 0.5) is 0 Å². The smallest absolute Gasteiger partial charge is 0.309 e. The van der Waals surface area contributed by atoms with Gasteiger partial charge < -0.3 is 5.11 Å². The number of hydrogen-bond acceptors (Lipinski definition) is 1. The second kappa shape index (κ2) is 3.53. The Bertz CT molecular complexity index is 145. The van der Waals surface area contributed by atoms with Gasteiger partial charge in [0.2, 0.25) is 0 Å². The Kier molecular flexibility index (Phi) is 4.33. The second-order valence-corrected chi connectivity index (χ2v) is 4.18. The Morgan fingerprint density at radius 1 is 1.09 bits per heavy atom. The fourth-order valence-corrected chi connectivity index (χ4v) is 0.321. The van der Waals surface area contributed by atoms with E-state index < -0.39 is 11.4 Å². The molecule has 68 valence electrons. The minimum Gasteiger partial charge on any atom is -0.481 e. The van der Waals surface area contributed by atoms with E-state index in [0.717, 1.165) is 0 Å². The summed E-state index contributed by atoms with van der Waals surface area (Å²) in [4.78, 5) is 10.7. The normalized spacial score (nSPS) is 12.1. The van der Waals surface area contributed by atoms with Gasteiger partial charge >= 0.3 is 5.97 Å². The van der Waals surface area contributed by atoms with Crippen LogP contribution in [0.3, 0.4) is 0 Å². The Hall–Kier alpha value is -0.100. The first-order valence-corrected chi connectivity index (χ1v) is 3.43. The topological polar surface area (TPSA) is 37.3 Å². The Labute approximate surface area is 72.0 Å². The average molecular weight is 178 g/mol. The van der Waals surface area contributed by atoms with Crippen molar-refractivity contribution in [2.24, 2.45) is 10.8 Å². The molecule has 1 atom stereocenters. The van der Waals surface area contributed by atoms with Crippen LogP contribution in [0.2, 0.25) is 0 Å². The molecule has 0 spiro atoms. The number of aliphatic carboxylic acids is 1. The fourth-order valence-electron chi connectivity index (χ4n) is 0.321. The van der Waals surface area contributed by atoms with Crippen LogP contribution >= 0.6 is 9.90 Å². The van der Waals surface area contributed by atoms with Crippen LogP contribution in [0.1, 0.15) is 34.6 Å². The summed E-state index contributed by atoms with van der Waals surface area (Å²) >= 11 is 0. The summed E-state index contributed by atoms with van der Waals surface area (Å²) in [7, 11) is 0. The molecule has 0 saturated carbocycles. The standard InChI is InChI=1S/C8H16O2.H3P/c1-7(2,3)8(4,5)6(9)10;/h1-5H3,(H,9,10);1H3. The highest BCUT2D eigenvalue weighted by molar-refractivity contribution is 6.92. The van der Waals surface area contributed by atoms with E-state index in [1.807, 2.05) is 20.8 Å². The number of hydrogen-bond donors (Lipinski definition) is 1. The summed E-state index contributed by atoms with van der Waals surface area (Å²) in [6.45, 7) is 9.29. The van der Waals surface area contributed by atoms with Crippen LogP contribution in [0.5, 0.6) is 0 Å². The number of carboxylic acid groups (broad SMARTS) is 1. The van der Waals surface area contributed by atoms with E-state index in [1.54, 1.807) is 13.8 Å². The van der Waals surface area contributed by atoms with Crippen molar-refractivity contribution in [2.75, 3.05) is 0 Å². The molecule has 3 heteroatoms. The highest BCUT2D eigenvalue weighted by Crippen LogP contribution is 2.37. The van der Waals surface area contributed by atoms with Gasteiger partial charge in [0.05, 0.1) is 5.41 Å². The summed E-state index contributed by atoms with van der Waals surface area (Å²) in [5, 5.41) is 8.78. The van der Waals surface area contributed by atoms with Gasteiger partial charge in [-0.3, -0.25) is 4.79 Å². The lowest BCUT2D eigenvalue weighted by molar-refractivity contribution is -0.153. The Morgan fingerprint density at radius 3 is 1.36 bits per heavy atom. The maximum Gasteiger partial charge on any atom is 0.309 e.